The van der Waals surface area contributed by atoms with Crippen LogP contribution in [0.4, 0.5) is 5.69 Å². The minimum Gasteiger partial charge on any atom is -0.344 e. The van der Waals surface area contributed by atoms with Crippen molar-refractivity contribution in [2.75, 3.05) is 10.8 Å². The molecule has 4 rings (SSSR count). The van der Waals surface area contributed by atoms with Crippen molar-refractivity contribution in [1.29, 1.82) is 0 Å². The minimum atomic E-state index is -3.96. The second kappa shape index (κ2) is 10.6. The molecule has 0 radical (unpaired) electrons. The van der Waals surface area contributed by atoms with E-state index in [1.165, 1.54) is 16.4 Å². The second-order valence-corrected chi connectivity index (χ2v) is 10.3. The van der Waals surface area contributed by atoms with Crippen molar-refractivity contribution in [3.05, 3.63) is 131 Å². The van der Waals surface area contributed by atoms with Gasteiger partial charge in [0, 0.05) is 0 Å². The molecule has 0 aromatic heterocycles. The van der Waals surface area contributed by atoms with Crippen LogP contribution in [0.3, 0.4) is 0 Å². The highest BCUT2D eigenvalue weighted by Crippen LogP contribution is 2.26. The van der Waals surface area contributed by atoms with Gasteiger partial charge < -0.3 is 5.32 Å². The van der Waals surface area contributed by atoms with Crippen molar-refractivity contribution in [3.8, 4) is 0 Å². The second-order valence-electron chi connectivity index (χ2n) is 8.49. The summed E-state index contributed by atoms with van der Waals surface area (Å²) in [5.74, 6) is -0.402. The number of nitrogens with zero attached hydrogens (tertiary/aromatic N) is 1. The van der Waals surface area contributed by atoms with Gasteiger partial charge >= 0.3 is 0 Å². The van der Waals surface area contributed by atoms with E-state index in [4.69, 9.17) is 0 Å². The molecule has 1 amide bonds. The van der Waals surface area contributed by atoms with Crippen LogP contribution in [0.5, 0.6) is 0 Å². The van der Waals surface area contributed by atoms with Gasteiger partial charge in [0.15, 0.2) is 0 Å². The maximum absolute atomic E-state index is 13.6. The van der Waals surface area contributed by atoms with Gasteiger partial charge in [0.1, 0.15) is 6.54 Å². The maximum Gasteiger partial charge on any atom is 0.264 e. The van der Waals surface area contributed by atoms with Crippen LogP contribution in [-0.2, 0) is 14.8 Å². The lowest BCUT2D eigenvalue weighted by Crippen LogP contribution is -2.42. The van der Waals surface area contributed by atoms with Crippen LogP contribution in [0.1, 0.15) is 28.3 Å². The summed E-state index contributed by atoms with van der Waals surface area (Å²) in [5, 5.41) is 3.06. The number of carbonyl (C=O) groups is 1. The van der Waals surface area contributed by atoms with E-state index < -0.39 is 22.0 Å². The number of sulfonamides is 1. The first-order valence-corrected chi connectivity index (χ1v) is 12.8. The van der Waals surface area contributed by atoms with Gasteiger partial charge in [-0.05, 0) is 54.8 Å². The quantitative estimate of drug-likeness (QED) is 0.364. The van der Waals surface area contributed by atoms with Gasteiger partial charge in [-0.2, -0.15) is 0 Å². The molecule has 0 unspecified atom stereocenters. The summed E-state index contributed by atoms with van der Waals surface area (Å²) in [6.45, 7) is 3.55. The third kappa shape index (κ3) is 5.78. The van der Waals surface area contributed by atoms with Crippen molar-refractivity contribution >= 4 is 21.6 Å². The van der Waals surface area contributed by atoms with Crippen LogP contribution in [0.2, 0.25) is 0 Å². The van der Waals surface area contributed by atoms with Crippen molar-refractivity contribution in [1.82, 2.24) is 5.32 Å². The summed E-state index contributed by atoms with van der Waals surface area (Å²) in [6, 6.07) is 32.5. The van der Waals surface area contributed by atoms with E-state index in [0.717, 1.165) is 22.3 Å². The number of benzene rings is 4. The number of nitrogens with one attached hydrogen (secondary N) is 1. The molecule has 0 bridgehead atoms. The first-order chi connectivity index (χ1) is 16.8. The van der Waals surface area contributed by atoms with Gasteiger partial charge in [-0.25, -0.2) is 8.42 Å². The molecule has 1 atom stereocenters. The summed E-state index contributed by atoms with van der Waals surface area (Å²) in [4.78, 5) is 13.5. The molecule has 0 aliphatic heterocycles. The lowest BCUT2D eigenvalue weighted by atomic mass is 9.98. The van der Waals surface area contributed by atoms with Crippen LogP contribution in [0.25, 0.3) is 0 Å². The molecule has 35 heavy (non-hydrogen) atoms. The molecule has 1 N–H and O–H groups in total. The van der Waals surface area contributed by atoms with Crippen LogP contribution >= 0.6 is 0 Å². The number of hydrogen-bond acceptors (Lipinski definition) is 3. The zero-order valence-electron chi connectivity index (χ0n) is 19.8. The summed E-state index contributed by atoms with van der Waals surface area (Å²) >= 11 is 0. The van der Waals surface area contributed by atoms with Crippen molar-refractivity contribution < 1.29 is 13.2 Å². The molecule has 5 nitrogen and oxygen atoms in total. The average Bonchev–Trinajstić information content (AvgIpc) is 2.87. The summed E-state index contributed by atoms with van der Waals surface area (Å²) in [5.41, 5.74) is 4.29. The molecular formula is C29H28N2O3S. The highest BCUT2D eigenvalue weighted by molar-refractivity contribution is 7.92. The highest BCUT2D eigenvalue weighted by atomic mass is 32.2. The first kappa shape index (κ1) is 24.2. The van der Waals surface area contributed by atoms with Crippen molar-refractivity contribution in [2.45, 2.75) is 24.8 Å². The van der Waals surface area contributed by atoms with E-state index in [1.54, 1.807) is 36.4 Å². The Bertz CT molecular complexity index is 1390. The fraction of sp³-hybridized carbons (Fsp3) is 0.138. The molecule has 0 heterocycles. The molecule has 4 aromatic rings. The van der Waals surface area contributed by atoms with Gasteiger partial charge in [0.2, 0.25) is 5.91 Å². The lowest BCUT2D eigenvalue weighted by molar-refractivity contribution is -0.120. The molecule has 4 aromatic carbocycles. The molecule has 0 fully saturated rings. The third-order valence-corrected chi connectivity index (χ3v) is 7.55. The van der Waals surface area contributed by atoms with E-state index in [1.807, 2.05) is 74.5 Å². The standard InChI is InChI=1S/C29H28N2O3S/c1-22-16-18-25(19-17-22)29(24-11-5-3-6-12-24)30-28(32)21-31(26-13-9-10-23(2)20-26)35(33,34)27-14-7-4-8-15-27/h3-20,29H,21H2,1-2H3,(H,30,32)/t29-/m0/s1. The average molecular weight is 485 g/mol. The summed E-state index contributed by atoms with van der Waals surface area (Å²) in [6.07, 6.45) is 0. The van der Waals surface area contributed by atoms with Gasteiger partial charge in [-0.1, -0.05) is 90.5 Å². The van der Waals surface area contributed by atoms with E-state index in [0.29, 0.717) is 5.69 Å². The molecule has 0 spiro atoms. The summed E-state index contributed by atoms with van der Waals surface area (Å²) < 4.78 is 28.3. The Morgan fingerprint density at radius 2 is 1.34 bits per heavy atom. The van der Waals surface area contributed by atoms with Crippen LogP contribution in [0, 0.1) is 13.8 Å². The fourth-order valence-corrected chi connectivity index (χ4v) is 5.35. The largest absolute Gasteiger partial charge is 0.344 e. The lowest BCUT2D eigenvalue weighted by Gasteiger charge is -2.26. The van der Waals surface area contributed by atoms with Gasteiger partial charge in [0.25, 0.3) is 10.0 Å². The van der Waals surface area contributed by atoms with Crippen molar-refractivity contribution in [2.24, 2.45) is 0 Å². The number of rotatable bonds is 8. The zero-order valence-corrected chi connectivity index (χ0v) is 20.6. The normalized spacial score (nSPS) is 12.1. The molecule has 178 valence electrons. The number of aryl methyl sites for hydroxylation is 2. The maximum atomic E-state index is 13.6. The predicted molar refractivity (Wildman–Crippen MR) is 140 cm³/mol. The van der Waals surface area contributed by atoms with Gasteiger partial charge in [-0.3, -0.25) is 9.10 Å². The van der Waals surface area contributed by atoms with E-state index in [2.05, 4.69) is 5.32 Å². The van der Waals surface area contributed by atoms with Gasteiger partial charge in [0.05, 0.1) is 16.6 Å². The number of carbonyl (C=O) groups excluding carboxylic acids is 1. The van der Waals surface area contributed by atoms with E-state index in [9.17, 15) is 13.2 Å². The number of amides is 1. The molecule has 0 saturated carbocycles. The van der Waals surface area contributed by atoms with Crippen LogP contribution in [-0.4, -0.2) is 20.9 Å². The molecule has 0 aliphatic carbocycles. The third-order valence-electron chi connectivity index (χ3n) is 5.76. The highest BCUT2D eigenvalue weighted by Gasteiger charge is 2.28. The number of anilines is 1. The Morgan fingerprint density at radius 3 is 1.97 bits per heavy atom. The van der Waals surface area contributed by atoms with Crippen molar-refractivity contribution in [3.63, 3.8) is 0 Å². The SMILES string of the molecule is Cc1ccc([C@@H](NC(=O)CN(c2cccc(C)c2)S(=O)(=O)c2ccccc2)c2ccccc2)cc1. The zero-order chi connectivity index (χ0) is 24.8. The number of hydrogen-bond donors (Lipinski definition) is 1. The van der Waals surface area contributed by atoms with Crippen LogP contribution < -0.4 is 9.62 Å². The monoisotopic (exact) mass is 484 g/mol. The topological polar surface area (TPSA) is 66.5 Å². The first-order valence-electron chi connectivity index (χ1n) is 11.4. The van der Waals surface area contributed by atoms with E-state index >= 15 is 0 Å². The molecule has 6 heteroatoms. The minimum absolute atomic E-state index is 0.132. The van der Waals surface area contributed by atoms with Crippen LogP contribution in [0.15, 0.2) is 114 Å². The Balaban J connectivity index is 1.68. The molecular weight excluding hydrogens is 456 g/mol. The fourth-order valence-electron chi connectivity index (χ4n) is 3.92. The molecule has 0 aliphatic rings. The van der Waals surface area contributed by atoms with Gasteiger partial charge in [-0.15, -0.1) is 0 Å². The smallest absolute Gasteiger partial charge is 0.264 e. The Kier molecular flexibility index (Phi) is 7.32. The Hall–Kier alpha value is -3.90. The molecule has 0 saturated heterocycles. The van der Waals surface area contributed by atoms with E-state index in [-0.39, 0.29) is 11.4 Å². The summed E-state index contributed by atoms with van der Waals surface area (Å²) in [7, 11) is -3.96. The Labute approximate surface area is 207 Å². The Morgan fingerprint density at radius 1 is 0.743 bits per heavy atom. The predicted octanol–water partition coefficient (Wildman–Crippen LogP) is 5.40.